The second kappa shape index (κ2) is 5.47. The minimum atomic E-state index is -2.28. The van der Waals surface area contributed by atoms with Crippen LogP contribution in [0.4, 0.5) is 26.3 Å². The van der Waals surface area contributed by atoms with E-state index in [-0.39, 0.29) is 10.9 Å². The summed E-state index contributed by atoms with van der Waals surface area (Å²) in [5.41, 5.74) is -1.86. The lowest BCUT2D eigenvalue weighted by atomic mass is 9.98. The number of hydrogen-bond acceptors (Lipinski definition) is 0. The van der Waals surface area contributed by atoms with Crippen LogP contribution in [0.15, 0.2) is 18.2 Å². The lowest BCUT2D eigenvalue weighted by Gasteiger charge is -2.12. The van der Waals surface area contributed by atoms with Gasteiger partial charge in [-0.1, -0.05) is 28.1 Å². The fourth-order valence-electron chi connectivity index (χ4n) is 1.78. The molecule has 2 aromatic rings. The molecule has 20 heavy (non-hydrogen) atoms. The Labute approximate surface area is 118 Å². The summed E-state index contributed by atoms with van der Waals surface area (Å²) in [4.78, 5) is 0. The molecule has 0 spiro atoms. The summed E-state index contributed by atoms with van der Waals surface area (Å²) in [6.45, 7) is 0. The number of benzene rings is 2. The maximum absolute atomic E-state index is 13.8. The summed E-state index contributed by atoms with van der Waals surface area (Å²) in [5, 5.41) is -0.0143. The summed E-state index contributed by atoms with van der Waals surface area (Å²) in [6.07, 6.45) is 0. The topological polar surface area (TPSA) is 0 Å². The van der Waals surface area contributed by atoms with E-state index in [0.717, 1.165) is 6.07 Å². The molecule has 2 aromatic carbocycles. The van der Waals surface area contributed by atoms with E-state index in [1.54, 1.807) is 0 Å². The third-order valence-electron chi connectivity index (χ3n) is 2.70. The van der Waals surface area contributed by atoms with Gasteiger partial charge in [0.2, 0.25) is 5.82 Å². The number of alkyl halides is 1. The molecule has 0 heterocycles. The van der Waals surface area contributed by atoms with E-state index in [2.05, 4.69) is 15.9 Å². The minimum absolute atomic E-state index is 0.0143. The van der Waals surface area contributed by atoms with Crippen LogP contribution in [0.3, 0.4) is 0 Å². The van der Waals surface area contributed by atoms with Crippen molar-refractivity contribution in [3.8, 4) is 11.1 Å². The molecule has 0 radical (unpaired) electrons. The summed E-state index contributed by atoms with van der Waals surface area (Å²) in [5.74, 6) is -11.7. The van der Waals surface area contributed by atoms with Gasteiger partial charge in [-0.3, -0.25) is 0 Å². The van der Waals surface area contributed by atoms with Crippen LogP contribution in [0.5, 0.6) is 0 Å². The van der Waals surface area contributed by atoms with Gasteiger partial charge >= 0.3 is 0 Å². The van der Waals surface area contributed by atoms with Gasteiger partial charge in [-0.25, -0.2) is 26.3 Å². The highest BCUT2D eigenvalue weighted by atomic mass is 79.9. The third-order valence-corrected chi connectivity index (χ3v) is 3.31. The van der Waals surface area contributed by atoms with Crippen molar-refractivity contribution in [1.82, 2.24) is 0 Å². The molecule has 0 saturated carbocycles. The average Bonchev–Trinajstić information content (AvgIpc) is 2.44. The Balaban J connectivity index is 2.91. The molecule has 7 heteroatoms. The first-order valence-corrected chi connectivity index (χ1v) is 6.37. The Kier molecular flexibility index (Phi) is 4.08. The molecule has 0 saturated heterocycles. The maximum atomic E-state index is 13.8. The molecule has 0 atom stereocenters. The Hall–Kier alpha value is -1.50. The van der Waals surface area contributed by atoms with E-state index < -0.39 is 46.0 Å². The SMILES string of the molecule is Fc1cccc(CBr)c1-c1c(F)c(F)c(F)c(F)c1F. The molecule has 0 amide bonds. The lowest BCUT2D eigenvalue weighted by molar-refractivity contribution is 0.381. The van der Waals surface area contributed by atoms with Crippen LogP contribution in [0, 0.1) is 34.9 Å². The zero-order valence-corrected chi connectivity index (χ0v) is 11.2. The van der Waals surface area contributed by atoms with Crippen LogP contribution in [-0.2, 0) is 5.33 Å². The van der Waals surface area contributed by atoms with Crippen molar-refractivity contribution >= 4 is 15.9 Å². The highest BCUT2D eigenvalue weighted by Gasteiger charge is 2.29. The van der Waals surface area contributed by atoms with Gasteiger partial charge in [-0.15, -0.1) is 0 Å². The van der Waals surface area contributed by atoms with E-state index in [1.165, 1.54) is 12.1 Å². The molecule has 0 aliphatic heterocycles. The molecule has 0 aliphatic carbocycles. The quantitative estimate of drug-likeness (QED) is 0.305. The van der Waals surface area contributed by atoms with Gasteiger partial charge in [-0.2, -0.15) is 0 Å². The molecular formula is C13H5BrF6. The lowest BCUT2D eigenvalue weighted by Crippen LogP contribution is -2.06. The predicted molar refractivity (Wildman–Crippen MR) is 64.3 cm³/mol. The standard InChI is InChI=1S/C13H5BrF6/c14-4-5-2-1-3-6(15)7(5)8-9(16)11(18)13(20)12(19)10(8)17/h1-3H,4H2. The molecule has 0 aliphatic rings. The van der Waals surface area contributed by atoms with Crippen molar-refractivity contribution in [1.29, 1.82) is 0 Å². The van der Waals surface area contributed by atoms with Crippen molar-refractivity contribution in [2.75, 3.05) is 0 Å². The van der Waals surface area contributed by atoms with Crippen LogP contribution in [0.25, 0.3) is 11.1 Å². The maximum Gasteiger partial charge on any atom is 0.200 e. The number of rotatable bonds is 2. The van der Waals surface area contributed by atoms with Crippen LogP contribution in [0.1, 0.15) is 5.56 Å². The molecule has 0 bridgehead atoms. The largest absolute Gasteiger partial charge is 0.206 e. The monoisotopic (exact) mass is 354 g/mol. The molecule has 0 aromatic heterocycles. The highest BCUT2D eigenvalue weighted by Crippen LogP contribution is 2.35. The third kappa shape index (κ3) is 2.19. The molecule has 106 valence electrons. The molecule has 0 N–H and O–H groups in total. The van der Waals surface area contributed by atoms with Crippen LogP contribution in [0.2, 0.25) is 0 Å². The van der Waals surface area contributed by atoms with E-state index in [1.807, 2.05) is 0 Å². The fraction of sp³-hybridized carbons (Fsp3) is 0.0769. The van der Waals surface area contributed by atoms with Crippen molar-refractivity contribution in [3.63, 3.8) is 0 Å². The van der Waals surface area contributed by atoms with E-state index in [4.69, 9.17) is 0 Å². The Morgan fingerprint density at radius 1 is 0.700 bits per heavy atom. The van der Waals surface area contributed by atoms with E-state index in [9.17, 15) is 26.3 Å². The second-order valence-corrected chi connectivity index (χ2v) is 4.41. The summed E-state index contributed by atoms with van der Waals surface area (Å²) >= 11 is 2.97. The zero-order chi connectivity index (χ0) is 15.0. The number of halogens is 7. The normalized spacial score (nSPS) is 10.9. The number of hydrogen-bond donors (Lipinski definition) is 0. The predicted octanol–water partition coefficient (Wildman–Crippen LogP) is 5.08. The Morgan fingerprint density at radius 3 is 1.70 bits per heavy atom. The van der Waals surface area contributed by atoms with E-state index in [0.29, 0.717) is 0 Å². The first-order valence-electron chi connectivity index (χ1n) is 5.25. The Bertz CT molecular complexity index is 654. The van der Waals surface area contributed by atoms with Crippen LogP contribution >= 0.6 is 15.9 Å². The van der Waals surface area contributed by atoms with Crippen LogP contribution < -0.4 is 0 Å². The van der Waals surface area contributed by atoms with Crippen molar-refractivity contribution in [3.05, 3.63) is 58.7 Å². The Morgan fingerprint density at radius 2 is 1.20 bits per heavy atom. The van der Waals surface area contributed by atoms with Gasteiger partial charge in [0.25, 0.3) is 0 Å². The van der Waals surface area contributed by atoms with Crippen molar-refractivity contribution in [2.45, 2.75) is 5.33 Å². The van der Waals surface area contributed by atoms with Gasteiger partial charge in [0.05, 0.1) is 5.56 Å². The first kappa shape index (κ1) is 14.9. The molecule has 2 rings (SSSR count). The second-order valence-electron chi connectivity index (χ2n) is 3.85. The van der Waals surface area contributed by atoms with Gasteiger partial charge in [0.15, 0.2) is 23.3 Å². The van der Waals surface area contributed by atoms with Crippen molar-refractivity contribution in [2.24, 2.45) is 0 Å². The van der Waals surface area contributed by atoms with Crippen LogP contribution in [-0.4, -0.2) is 0 Å². The van der Waals surface area contributed by atoms with Gasteiger partial charge in [0, 0.05) is 10.9 Å². The van der Waals surface area contributed by atoms with Crippen molar-refractivity contribution < 1.29 is 26.3 Å². The molecule has 0 nitrogen and oxygen atoms in total. The summed E-state index contributed by atoms with van der Waals surface area (Å²) < 4.78 is 80.4. The molecule has 0 fully saturated rings. The fourth-order valence-corrected chi connectivity index (χ4v) is 2.25. The minimum Gasteiger partial charge on any atom is -0.206 e. The van der Waals surface area contributed by atoms with Gasteiger partial charge in [0.1, 0.15) is 5.82 Å². The zero-order valence-electron chi connectivity index (χ0n) is 9.58. The van der Waals surface area contributed by atoms with Gasteiger partial charge in [-0.05, 0) is 11.6 Å². The highest BCUT2D eigenvalue weighted by molar-refractivity contribution is 9.08. The van der Waals surface area contributed by atoms with Gasteiger partial charge < -0.3 is 0 Å². The smallest absolute Gasteiger partial charge is 0.200 e. The summed E-state index contributed by atoms with van der Waals surface area (Å²) in [7, 11) is 0. The van der Waals surface area contributed by atoms with E-state index >= 15 is 0 Å². The molecular weight excluding hydrogens is 350 g/mol. The first-order chi connectivity index (χ1) is 9.40. The average molecular weight is 355 g/mol. The summed E-state index contributed by atoms with van der Waals surface area (Å²) in [6, 6.07) is 3.45. The molecule has 0 unspecified atom stereocenters.